The highest BCUT2D eigenvalue weighted by Crippen LogP contribution is 2.37. The SMILES string of the molecule is Cn1ncc(Br)c1-c1cc(NC(=O)c2ccc(Cl)cc2)ccc1OCCN1CC[C@H](O)C1. The number of nitrogens with one attached hydrogen (secondary N) is 1. The van der Waals surface area contributed by atoms with Crippen LogP contribution in [0.25, 0.3) is 11.3 Å². The molecule has 0 spiro atoms. The Balaban J connectivity index is 1.55. The Bertz CT molecular complexity index is 1080. The third-order valence-electron chi connectivity index (χ3n) is 5.41. The highest BCUT2D eigenvalue weighted by molar-refractivity contribution is 9.10. The molecule has 7 nitrogen and oxygen atoms in total. The summed E-state index contributed by atoms with van der Waals surface area (Å²) in [6.07, 6.45) is 2.28. The summed E-state index contributed by atoms with van der Waals surface area (Å²) in [4.78, 5) is 14.8. The number of anilines is 1. The van der Waals surface area contributed by atoms with Crippen molar-refractivity contribution in [2.24, 2.45) is 7.05 Å². The molecule has 2 aromatic carbocycles. The van der Waals surface area contributed by atoms with E-state index in [0.29, 0.717) is 35.2 Å². The van der Waals surface area contributed by atoms with Gasteiger partial charge in [-0.25, -0.2) is 0 Å². The third kappa shape index (κ3) is 5.32. The molecule has 1 amide bonds. The molecule has 1 atom stereocenters. The minimum atomic E-state index is -0.250. The molecule has 1 aliphatic heterocycles. The van der Waals surface area contributed by atoms with Gasteiger partial charge in [0.25, 0.3) is 5.91 Å². The lowest BCUT2D eigenvalue weighted by molar-refractivity contribution is 0.102. The predicted octanol–water partition coefficient (Wildman–Crippen LogP) is 4.20. The summed E-state index contributed by atoms with van der Waals surface area (Å²) >= 11 is 9.48. The zero-order valence-corrected chi connectivity index (χ0v) is 19.9. The minimum Gasteiger partial charge on any atom is -0.492 e. The number of amides is 1. The van der Waals surface area contributed by atoms with Crippen molar-refractivity contribution in [3.05, 3.63) is 63.7 Å². The molecule has 1 fully saturated rings. The number of aryl methyl sites for hydroxylation is 1. The maximum absolute atomic E-state index is 12.6. The summed E-state index contributed by atoms with van der Waals surface area (Å²) in [5, 5.41) is 17.5. The highest BCUT2D eigenvalue weighted by Gasteiger charge is 2.20. The molecule has 1 aromatic heterocycles. The third-order valence-corrected chi connectivity index (χ3v) is 6.24. The topological polar surface area (TPSA) is 79.6 Å². The lowest BCUT2D eigenvalue weighted by Crippen LogP contribution is -2.27. The van der Waals surface area contributed by atoms with Crippen LogP contribution in [-0.4, -0.2) is 58.0 Å². The molecule has 0 unspecified atom stereocenters. The Kier molecular flexibility index (Phi) is 7.15. The van der Waals surface area contributed by atoms with E-state index in [2.05, 4.69) is 31.2 Å². The molecule has 1 saturated heterocycles. The Morgan fingerprint density at radius 2 is 2.09 bits per heavy atom. The van der Waals surface area contributed by atoms with E-state index in [0.717, 1.165) is 35.2 Å². The summed E-state index contributed by atoms with van der Waals surface area (Å²) in [7, 11) is 1.86. The molecule has 0 saturated carbocycles. The highest BCUT2D eigenvalue weighted by atomic mass is 79.9. The van der Waals surface area contributed by atoms with Crippen molar-refractivity contribution >= 4 is 39.1 Å². The maximum Gasteiger partial charge on any atom is 0.255 e. The summed E-state index contributed by atoms with van der Waals surface area (Å²) in [6.45, 7) is 2.78. The van der Waals surface area contributed by atoms with Gasteiger partial charge < -0.3 is 15.2 Å². The normalized spacial score (nSPS) is 16.3. The quantitative estimate of drug-likeness (QED) is 0.489. The standard InChI is InChI=1S/C23H24BrClN4O3/c1-28-22(20(24)13-26-28)19-12-17(27-23(31)15-2-4-16(25)5-3-15)6-7-21(19)32-11-10-29-9-8-18(30)14-29/h2-7,12-13,18,30H,8-11,14H2,1H3,(H,27,31)/t18-/m0/s1. The Hall–Kier alpha value is -2.39. The van der Waals surface area contributed by atoms with E-state index in [-0.39, 0.29) is 12.0 Å². The number of carbonyl (C=O) groups is 1. The molecule has 3 aromatic rings. The van der Waals surface area contributed by atoms with E-state index in [9.17, 15) is 9.90 Å². The van der Waals surface area contributed by atoms with Gasteiger partial charge in [-0.05, 0) is 64.8 Å². The Labute approximate surface area is 200 Å². The van der Waals surface area contributed by atoms with Crippen LogP contribution in [0.3, 0.4) is 0 Å². The first-order chi connectivity index (χ1) is 15.4. The van der Waals surface area contributed by atoms with Crippen molar-refractivity contribution in [2.45, 2.75) is 12.5 Å². The molecule has 4 rings (SSSR count). The van der Waals surface area contributed by atoms with E-state index >= 15 is 0 Å². The molecule has 32 heavy (non-hydrogen) atoms. The molecule has 2 heterocycles. The van der Waals surface area contributed by atoms with Crippen LogP contribution in [0.5, 0.6) is 5.75 Å². The van der Waals surface area contributed by atoms with Crippen LogP contribution in [0.1, 0.15) is 16.8 Å². The first kappa shape index (κ1) is 22.8. The van der Waals surface area contributed by atoms with Crippen LogP contribution < -0.4 is 10.1 Å². The monoisotopic (exact) mass is 518 g/mol. The number of benzene rings is 2. The number of likely N-dealkylation sites (tertiary alicyclic amines) is 1. The van der Waals surface area contributed by atoms with Gasteiger partial charge in [0.1, 0.15) is 12.4 Å². The number of hydrogen-bond acceptors (Lipinski definition) is 5. The molecular weight excluding hydrogens is 496 g/mol. The molecule has 0 aliphatic carbocycles. The van der Waals surface area contributed by atoms with Crippen LogP contribution in [-0.2, 0) is 7.05 Å². The number of carbonyl (C=O) groups excluding carboxylic acids is 1. The Morgan fingerprint density at radius 3 is 2.75 bits per heavy atom. The minimum absolute atomic E-state index is 0.224. The molecule has 2 N–H and O–H groups in total. The first-order valence-electron chi connectivity index (χ1n) is 10.3. The zero-order valence-electron chi connectivity index (χ0n) is 17.6. The fraction of sp³-hybridized carbons (Fsp3) is 0.304. The van der Waals surface area contributed by atoms with E-state index in [1.54, 1.807) is 35.1 Å². The first-order valence-corrected chi connectivity index (χ1v) is 11.5. The smallest absolute Gasteiger partial charge is 0.255 e. The van der Waals surface area contributed by atoms with Gasteiger partial charge >= 0.3 is 0 Å². The molecular formula is C23H24BrClN4O3. The van der Waals surface area contributed by atoms with Crippen molar-refractivity contribution in [1.29, 1.82) is 0 Å². The van der Waals surface area contributed by atoms with Gasteiger partial charge in [0.2, 0.25) is 0 Å². The summed E-state index contributed by atoms with van der Waals surface area (Å²) in [5.74, 6) is 0.469. The van der Waals surface area contributed by atoms with Gasteiger partial charge in [0.15, 0.2) is 0 Å². The largest absolute Gasteiger partial charge is 0.492 e. The number of aliphatic hydroxyl groups excluding tert-OH is 1. The molecule has 9 heteroatoms. The lowest BCUT2D eigenvalue weighted by Gasteiger charge is -2.18. The lowest BCUT2D eigenvalue weighted by atomic mass is 10.1. The number of ether oxygens (including phenoxy) is 1. The summed E-state index contributed by atoms with van der Waals surface area (Å²) in [6, 6.07) is 12.3. The number of aromatic nitrogens is 2. The average Bonchev–Trinajstić information content (AvgIpc) is 3.33. The molecule has 0 bridgehead atoms. The molecule has 0 radical (unpaired) electrons. The average molecular weight is 520 g/mol. The predicted molar refractivity (Wildman–Crippen MR) is 128 cm³/mol. The van der Waals surface area contributed by atoms with Crippen LogP contribution in [0.4, 0.5) is 5.69 Å². The van der Waals surface area contributed by atoms with Crippen molar-refractivity contribution in [3.8, 4) is 17.0 Å². The summed E-state index contributed by atoms with van der Waals surface area (Å²) in [5.41, 5.74) is 2.82. The second kappa shape index (κ2) is 10.0. The van der Waals surface area contributed by atoms with E-state index in [1.807, 2.05) is 25.2 Å². The van der Waals surface area contributed by atoms with Gasteiger partial charge in [-0.1, -0.05) is 11.6 Å². The number of aliphatic hydroxyl groups is 1. The van der Waals surface area contributed by atoms with E-state index in [1.165, 1.54) is 0 Å². The van der Waals surface area contributed by atoms with Gasteiger partial charge in [0, 0.05) is 48.5 Å². The zero-order chi connectivity index (χ0) is 22.7. The summed E-state index contributed by atoms with van der Waals surface area (Å²) < 4.78 is 8.70. The number of β-amino-alcohol motifs (C(OH)–C–C–N with tert-alkyl or cyclic N) is 1. The fourth-order valence-electron chi connectivity index (χ4n) is 3.74. The number of rotatable bonds is 7. The fourth-order valence-corrected chi connectivity index (χ4v) is 4.42. The van der Waals surface area contributed by atoms with Crippen molar-refractivity contribution < 1.29 is 14.6 Å². The van der Waals surface area contributed by atoms with Crippen LogP contribution >= 0.6 is 27.5 Å². The van der Waals surface area contributed by atoms with Crippen LogP contribution in [0, 0.1) is 0 Å². The van der Waals surface area contributed by atoms with Crippen LogP contribution in [0.15, 0.2) is 53.1 Å². The second-order valence-corrected chi connectivity index (χ2v) is 9.02. The van der Waals surface area contributed by atoms with Crippen molar-refractivity contribution in [1.82, 2.24) is 14.7 Å². The second-order valence-electron chi connectivity index (χ2n) is 7.73. The number of halogens is 2. The number of nitrogens with zero attached hydrogens (tertiary/aromatic N) is 3. The molecule has 1 aliphatic rings. The van der Waals surface area contributed by atoms with Crippen LogP contribution in [0.2, 0.25) is 5.02 Å². The van der Waals surface area contributed by atoms with Gasteiger partial charge in [-0.3, -0.25) is 14.4 Å². The van der Waals surface area contributed by atoms with E-state index in [4.69, 9.17) is 16.3 Å². The maximum atomic E-state index is 12.6. The number of hydrogen-bond donors (Lipinski definition) is 2. The van der Waals surface area contributed by atoms with Gasteiger partial charge in [-0.2, -0.15) is 5.10 Å². The van der Waals surface area contributed by atoms with Gasteiger partial charge in [-0.15, -0.1) is 0 Å². The van der Waals surface area contributed by atoms with Crippen molar-refractivity contribution in [3.63, 3.8) is 0 Å². The van der Waals surface area contributed by atoms with E-state index < -0.39 is 0 Å². The molecule has 168 valence electrons. The Morgan fingerprint density at radius 1 is 1.31 bits per heavy atom. The van der Waals surface area contributed by atoms with Crippen molar-refractivity contribution in [2.75, 3.05) is 31.6 Å². The van der Waals surface area contributed by atoms with Gasteiger partial charge in [0.05, 0.1) is 22.5 Å².